The molecule has 1 aliphatic rings. The predicted molar refractivity (Wildman–Crippen MR) is 116 cm³/mol. The minimum absolute atomic E-state index is 0.205. The van der Waals surface area contributed by atoms with Gasteiger partial charge in [-0.2, -0.15) is 11.8 Å². The van der Waals surface area contributed by atoms with Crippen LogP contribution in [0.1, 0.15) is 39.6 Å². The van der Waals surface area contributed by atoms with Gasteiger partial charge in [0.1, 0.15) is 11.5 Å². The van der Waals surface area contributed by atoms with Gasteiger partial charge < -0.3 is 14.6 Å². The van der Waals surface area contributed by atoms with Crippen LogP contribution < -0.4 is 9.47 Å². The van der Waals surface area contributed by atoms with Gasteiger partial charge in [0.15, 0.2) is 10.6 Å². The molecule has 1 N–H and O–H groups in total. The van der Waals surface area contributed by atoms with Gasteiger partial charge in [0.25, 0.3) is 0 Å². The van der Waals surface area contributed by atoms with Gasteiger partial charge in [-0.3, -0.25) is 0 Å². The monoisotopic (exact) mass is 414 g/mol. The van der Waals surface area contributed by atoms with E-state index in [9.17, 15) is 9.90 Å². The standard InChI is InChI=1S/C22H22O4S2/c1-13-11-19-17(12-18(13)25-2)20(21(28-19)22(23)24)26-16-5-3-14(4-6-16)15-7-9-27-10-8-15/h3-6,11-12,15H,7-10H2,1-2H3,(H,23,24). The lowest BCUT2D eigenvalue weighted by atomic mass is 9.93. The van der Waals surface area contributed by atoms with Crippen LogP contribution in [0.3, 0.4) is 0 Å². The average molecular weight is 415 g/mol. The number of carboxylic acids is 1. The third kappa shape index (κ3) is 3.71. The van der Waals surface area contributed by atoms with Gasteiger partial charge in [-0.15, -0.1) is 11.3 Å². The number of methoxy groups -OCH3 is 1. The molecule has 28 heavy (non-hydrogen) atoms. The van der Waals surface area contributed by atoms with Gasteiger partial charge >= 0.3 is 5.97 Å². The fraction of sp³-hybridized carbons (Fsp3) is 0.318. The molecule has 0 aliphatic carbocycles. The van der Waals surface area contributed by atoms with Crippen LogP contribution in [-0.2, 0) is 0 Å². The van der Waals surface area contributed by atoms with Crippen molar-refractivity contribution >= 4 is 39.2 Å². The molecule has 4 rings (SSSR count). The molecule has 1 aliphatic heterocycles. The van der Waals surface area contributed by atoms with Gasteiger partial charge in [0.05, 0.1) is 7.11 Å². The van der Waals surface area contributed by atoms with Crippen LogP contribution in [0.2, 0.25) is 0 Å². The number of hydrogen-bond acceptors (Lipinski definition) is 5. The largest absolute Gasteiger partial charge is 0.496 e. The van der Waals surface area contributed by atoms with Crippen LogP contribution in [0.15, 0.2) is 36.4 Å². The molecule has 1 aromatic heterocycles. The second-order valence-electron chi connectivity index (χ2n) is 6.94. The molecular weight excluding hydrogens is 392 g/mol. The summed E-state index contributed by atoms with van der Waals surface area (Å²) in [6.07, 6.45) is 2.42. The lowest BCUT2D eigenvalue weighted by Crippen LogP contribution is -2.07. The van der Waals surface area contributed by atoms with E-state index in [-0.39, 0.29) is 4.88 Å². The SMILES string of the molecule is COc1cc2c(Oc3ccc(C4CCSCC4)cc3)c(C(=O)O)sc2cc1C. The Labute approximate surface area is 172 Å². The molecule has 0 bridgehead atoms. The highest BCUT2D eigenvalue weighted by Gasteiger charge is 2.22. The molecule has 1 saturated heterocycles. The first-order valence-electron chi connectivity index (χ1n) is 9.27. The highest BCUT2D eigenvalue weighted by atomic mass is 32.2. The number of aryl methyl sites for hydroxylation is 1. The van der Waals surface area contributed by atoms with Gasteiger partial charge in [-0.25, -0.2) is 4.79 Å². The van der Waals surface area contributed by atoms with Crippen LogP contribution in [-0.4, -0.2) is 29.7 Å². The van der Waals surface area contributed by atoms with Crippen molar-refractivity contribution in [3.8, 4) is 17.2 Å². The Bertz CT molecular complexity index is 1000. The molecule has 0 amide bonds. The van der Waals surface area contributed by atoms with E-state index in [4.69, 9.17) is 9.47 Å². The molecule has 6 heteroatoms. The zero-order chi connectivity index (χ0) is 19.7. The van der Waals surface area contributed by atoms with E-state index in [1.807, 2.05) is 43.0 Å². The average Bonchev–Trinajstić information content (AvgIpc) is 3.06. The van der Waals surface area contributed by atoms with Crippen molar-refractivity contribution in [2.45, 2.75) is 25.7 Å². The number of rotatable bonds is 5. The van der Waals surface area contributed by atoms with E-state index < -0.39 is 5.97 Å². The third-order valence-corrected chi connectivity index (χ3v) is 7.32. The van der Waals surface area contributed by atoms with Crippen LogP contribution in [0.5, 0.6) is 17.2 Å². The molecule has 3 aromatic rings. The van der Waals surface area contributed by atoms with Crippen molar-refractivity contribution < 1.29 is 19.4 Å². The number of thiophene rings is 1. The second-order valence-corrected chi connectivity index (χ2v) is 9.22. The number of carbonyl (C=O) groups is 1. The summed E-state index contributed by atoms with van der Waals surface area (Å²) in [5, 5.41) is 10.4. The van der Waals surface area contributed by atoms with Crippen molar-refractivity contribution in [2.75, 3.05) is 18.6 Å². The molecule has 0 saturated carbocycles. The van der Waals surface area contributed by atoms with Crippen LogP contribution in [0.25, 0.3) is 10.1 Å². The number of thioether (sulfide) groups is 1. The molecule has 2 aromatic carbocycles. The summed E-state index contributed by atoms with van der Waals surface area (Å²) in [5.41, 5.74) is 2.30. The molecule has 2 heterocycles. The Balaban J connectivity index is 1.68. The molecule has 0 unspecified atom stereocenters. The third-order valence-electron chi connectivity index (χ3n) is 5.15. The minimum atomic E-state index is -0.982. The van der Waals surface area contributed by atoms with E-state index in [0.717, 1.165) is 21.4 Å². The summed E-state index contributed by atoms with van der Waals surface area (Å²) in [6, 6.07) is 11.9. The highest BCUT2D eigenvalue weighted by Crippen LogP contribution is 2.43. The number of fused-ring (bicyclic) bond motifs is 1. The lowest BCUT2D eigenvalue weighted by Gasteiger charge is -2.21. The molecule has 0 atom stereocenters. The van der Waals surface area contributed by atoms with E-state index in [1.165, 1.54) is 41.2 Å². The van der Waals surface area contributed by atoms with E-state index in [1.54, 1.807) is 7.11 Å². The first-order chi connectivity index (χ1) is 13.6. The highest BCUT2D eigenvalue weighted by molar-refractivity contribution is 7.99. The maximum Gasteiger partial charge on any atom is 0.349 e. The zero-order valence-electron chi connectivity index (χ0n) is 15.9. The smallest absolute Gasteiger partial charge is 0.349 e. The number of aromatic carboxylic acids is 1. The molecule has 1 fully saturated rings. The van der Waals surface area contributed by atoms with Crippen LogP contribution in [0.4, 0.5) is 0 Å². The zero-order valence-corrected chi connectivity index (χ0v) is 17.5. The Morgan fingerprint density at radius 3 is 2.50 bits per heavy atom. The van der Waals surface area contributed by atoms with Gasteiger partial charge in [0.2, 0.25) is 0 Å². The Morgan fingerprint density at radius 1 is 1.14 bits per heavy atom. The second kappa shape index (κ2) is 8.05. The van der Waals surface area contributed by atoms with Crippen molar-refractivity contribution in [3.05, 3.63) is 52.4 Å². The quantitative estimate of drug-likeness (QED) is 0.529. The summed E-state index contributed by atoms with van der Waals surface area (Å²) in [5.74, 6) is 3.81. The molecule has 146 valence electrons. The molecule has 0 spiro atoms. The summed E-state index contributed by atoms with van der Waals surface area (Å²) in [7, 11) is 1.61. The normalized spacial score (nSPS) is 14.9. The summed E-state index contributed by atoms with van der Waals surface area (Å²) >= 11 is 3.25. The number of hydrogen-bond donors (Lipinski definition) is 1. The molecular formula is C22H22O4S2. The van der Waals surface area contributed by atoms with Crippen LogP contribution in [0, 0.1) is 6.92 Å². The van der Waals surface area contributed by atoms with Gasteiger partial charge in [0, 0.05) is 10.1 Å². The van der Waals surface area contributed by atoms with Crippen molar-refractivity contribution in [2.24, 2.45) is 0 Å². The van der Waals surface area contributed by atoms with E-state index in [0.29, 0.717) is 17.4 Å². The number of carboxylic acid groups (broad SMARTS) is 1. The predicted octanol–water partition coefficient (Wildman–Crippen LogP) is 6.32. The summed E-state index contributed by atoms with van der Waals surface area (Å²) in [4.78, 5) is 12.0. The maximum absolute atomic E-state index is 11.8. The van der Waals surface area contributed by atoms with Gasteiger partial charge in [-0.1, -0.05) is 12.1 Å². The first kappa shape index (κ1) is 19.2. The van der Waals surface area contributed by atoms with E-state index >= 15 is 0 Å². The Kier molecular flexibility index (Phi) is 5.51. The maximum atomic E-state index is 11.8. The van der Waals surface area contributed by atoms with Crippen LogP contribution >= 0.6 is 23.1 Å². The fourth-order valence-electron chi connectivity index (χ4n) is 3.62. The lowest BCUT2D eigenvalue weighted by molar-refractivity contribution is 0.0700. The van der Waals surface area contributed by atoms with Crippen molar-refractivity contribution in [3.63, 3.8) is 0 Å². The number of ether oxygens (including phenoxy) is 2. The van der Waals surface area contributed by atoms with E-state index in [2.05, 4.69) is 12.1 Å². The summed E-state index contributed by atoms with van der Waals surface area (Å²) < 4.78 is 12.4. The Hall–Kier alpha value is -2.18. The van der Waals surface area contributed by atoms with Crippen molar-refractivity contribution in [1.29, 1.82) is 0 Å². The topological polar surface area (TPSA) is 55.8 Å². The van der Waals surface area contributed by atoms with Gasteiger partial charge in [-0.05, 0) is 72.6 Å². The minimum Gasteiger partial charge on any atom is -0.496 e. The van der Waals surface area contributed by atoms with Crippen molar-refractivity contribution in [1.82, 2.24) is 0 Å². The Morgan fingerprint density at radius 2 is 1.86 bits per heavy atom. The number of benzene rings is 2. The summed E-state index contributed by atoms with van der Waals surface area (Å²) in [6.45, 7) is 1.95. The first-order valence-corrected chi connectivity index (χ1v) is 11.2. The molecule has 4 nitrogen and oxygen atoms in total. The molecule has 0 radical (unpaired) electrons. The fourth-order valence-corrected chi connectivity index (χ4v) is 5.78.